The predicted molar refractivity (Wildman–Crippen MR) is 59.2 cm³/mol. The van der Waals surface area contributed by atoms with Gasteiger partial charge in [-0.05, 0) is 17.6 Å². The molecule has 0 heterocycles. The molecular weight excluding hydrogens is 172 g/mol. The number of hydrogen-bond acceptors (Lipinski definition) is 1. The molecule has 0 atom stereocenters. The summed E-state index contributed by atoms with van der Waals surface area (Å²) in [6.07, 6.45) is 2.19. The Bertz CT molecular complexity index is 311. The van der Waals surface area contributed by atoms with Crippen molar-refractivity contribution < 1.29 is 4.79 Å². The van der Waals surface area contributed by atoms with Gasteiger partial charge in [-0.15, -0.1) is 0 Å². The first-order chi connectivity index (χ1) is 6.74. The number of carbonyl (C=O) groups is 1. The van der Waals surface area contributed by atoms with Crippen molar-refractivity contribution in [2.75, 3.05) is 0 Å². The lowest BCUT2D eigenvalue weighted by Gasteiger charge is -2.03. The average Bonchev–Trinajstić information content (AvgIpc) is 2.19. The van der Waals surface area contributed by atoms with E-state index in [9.17, 15) is 4.79 Å². The van der Waals surface area contributed by atoms with Crippen molar-refractivity contribution in [3.63, 3.8) is 0 Å². The quantitative estimate of drug-likeness (QED) is 0.649. The van der Waals surface area contributed by atoms with E-state index in [-0.39, 0.29) is 5.78 Å². The van der Waals surface area contributed by atoms with E-state index < -0.39 is 0 Å². The van der Waals surface area contributed by atoms with E-state index in [2.05, 4.69) is 6.58 Å². The highest BCUT2D eigenvalue weighted by atomic mass is 16.1. The molecule has 0 aliphatic rings. The molecule has 0 spiro atoms. The molecule has 0 amide bonds. The van der Waals surface area contributed by atoms with Gasteiger partial charge < -0.3 is 0 Å². The van der Waals surface area contributed by atoms with Crippen molar-refractivity contribution in [3.8, 4) is 0 Å². The van der Waals surface area contributed by atoms with Crippen LogP contribution in [0.15, 0.2) is 42.5 Å². The topological polar surface area (TPSA) is 17.1 Å². The number of rotatable bonds is 5. The summed E-state index contributed by atoms with van der Waals surface area (Å²) < 4.78 is 0. The molecule has 1 nitrogen and oxygen atoms in total. The molecule has 0 unspecified atom stereocenters. The first-order valence-electron chi connectivity index (χ1n) is 4.99. The molecule has 1 rings (SSSR count). The minimum atomic E-state index is 0.191. The van der Waals surface area contributed by atoms with Crippen molar-refractivity contribution in [2.45, 2.75) is 26.2 Å². The molecular formula is C13H16O. The second-order valence-electron chi connectivity index (χ2n) is 3.44. The normalized spacial score (nSPS) is 9.79. The van der Waals surface area contributed by atoms with Gasteiger partial charge in [0, 0.05) is 12.8 Å². The lowest BCUT2D eigenvalue weighted by Crippen LogP contribution is -2.03. The molecule has 0 fully saturated rings. The summed E-state index contributed by atoms with van der Waals surface area (Å²) in [5.41, 5.74) is 1.88. The van der Waals surface area contributed by atoms with Gasteiger partial charge in [0.1, 0.15) is 0 Å². The third-order valence-corrected chi connectivity index (χ3v) is 2.13. The summed E-state index contributed by atoms with van der Waals surface area (Å²) in [6.45, 7) is 5.83. The fourth-order valence-electron chi connectivity index (χ4n) is 1.34. The number of allylic oxidation sites excluding steroid dienone is 1. The molecule has 1 aromatic rings. The Morgan fingerprint density at radius 1 is 1.29 bits per heavy atom. The van der Waals surface area contributed by atoms with Crippen LogP contribution in [0.2, 0.25) is 0 Å². The van der Waals surface area contributed by atoms with Crippen LogP contribution in [0.1, 0.15) is 25.3 Å². The third kappa shape index (κ3) is 3.17. The van der Waals surface area contributed by atoms with Crippen LogP contribution in [-0.4, -0.2) is 5.78 Å². The zero-order valence-electron chi connectivity index (χ0n) is 8.62. The van der Waals surface area contributed by atoms with Gasteiger partial charge in [0.05, 0.1) is 0 Å². The van der Waals surface area contributed by atoms with Gasteiger partial charge in [0.2, 0.25) is 0 Å². The van der Waals surface area contributed by atoms with Gasteiger partial charge in [-0.3, -0.25) is 4.79 Å². The lowest BCUT2D eigenvalue weighted by atomic mass is 10.0. The Hall–Kier alpha value is -1.37. The Kier molecular flexibility index (Phi) is 4.11. The van der Waals surface area contributed by atoms with Crippen LogP contribution >= 0.6 is 0 Å². The maximum absolute atomic E-state index is 11.4. The Balaban J connectivity index is 2.53. The molecule has 0 saturated heterocycles. The van der Waals surface area contributed by atoms with Gasteiger partial charge in [0.15, 0.2) is 5.78 Å². The lowest BCUT2D eigenvalue weighted by molar-refractivity contribution is -0.115. The highest BCUT2D eigenvalue weighted by molar-refractivity contribution is 5.95. The Labute approximate surface area is 85.5 Å². The van der Waals surface area contributed by atoms with Crippen LogP contribution in [0, 0.1) is 0 Å². The smallest absolute Gasteiger partial charge is 0.158 e. The summed E-state index contributed by atoms with van der Waals surface area (Å²) in [6, 6.07) is 9.97. The SMILES string of the molecule is C=C(Cc1ccccc1)C(=O)CCC. The van der Waals surface area contributed by atoms with Crippen LogP contribution in [0.5, 0.6) is 0 Å². The molecule has 0 radical (unpaired) electrons. The van der Waals surface area contributed by atoms with E-state index in [1.807, 2.05) is 37.3 Å². The van der Waals surface area contributed by atoms with Crippen LogP contribution in [0.3, 0.4) is 0 Å². The van der Waals surface area contributed by atoms with Gasteiger partial charge in [0.25, 0.3) is 0 Å². The van der Waals surface area contributed by atoms with Gasteiger partial charge >= 0.3 is 0 Å². The summed E-state index contributed by atoms with van der Waals surface area (Å²) in [4.78, 5) is 11.4. The van der Waals surface area contributed by atoms with Crippen molar-refractivity contribution >= 4 is 5.78 Å². The van der Waals surface area contributed by atoms with Crippen molar-refractivity contribution in [1.29, 1.82) is 0 Å². The molecule has 74 valence electrons. The first kappa shape index (κ1) is 10.7. The van der Waals surface area contributed by atoms with E-state index in [0.29, 0.717) is 12.8 Å². The van der Waals surface area contributed by atoms with Crippen LogP contribution in [0.4, 0.5) is 0 Å². The average molecular weight is 188 g/mol. The van der Waals surface area contributed by atoms with E-state index in [4.69, 9.17) is 0 Å². The van der Waals surface area contributed by atoms with Crippen molar-refractivity contribution in [2.24, 2.45) is 0 Å². The monoisotopic (exact) mass is 188 g/mol. The second kappa shape index (κ2) is 5.38. The second-order valence-corrected chi connectivity index (χ2v) is 3.44. The molecule has 0 N–H and O–H groups in total. The van der Waals surface area contributed by atoms with Gasteiger partial charge in [-0.25, -0.2) is 0 Å². The maximum Gasteiger partial charge on any atom is 0.158 e. The minimum absolute atomic E-state index is 0.191. The number of ketones is 1. The first-order valence-corrected chi connectivity index (χ1v) is 4.99. The zero-order valence-corrected chi connectivity index (χ0v) is 8.62. The summed E-state index contributed by atoms with van der Waals surface area (Å²) in [5.74, 6) is 0.191. The van der Waals surface area contributed by atoms with Gasteiger partial charge in [-0.2, -0.15) is 0 Å². The van der Waals surface area contributed by atoms with E-state index in [0.717, 1.165) is 17.6 Å². The van der Waals surface area contributed by atoms with Crippen LogP contribution in [0.25, 0.3) is 0 Å². The fraction of sp³-hybridized carbons (Fsp3) is 0.308. The summed E-state index contributed by atoms with van der Waals surface area (Å²) in [5, 5.41) is 0. The standard InChI is InChI=1S/C13H16O/c1-3-7-13(14)11(2)10-12-8-5-4-6-9-12/h4-6,8-9H,2-3,7,10H2,1H3. The molecule has 1 heteroatoms. The molecule has 0 saturated carbocycles. The molecule has 0 bridgehead atoms. The predicted octanol–water partition coefficient (Wildman–Crippen LogP) is 3.15. The Morgan fingerprint density at radius 2 is 1.93 bits per heavy atom. The summed E-state index contributed by atoms with van der Waals surface area (Å²) >= 11 is 0. The minimum Gasteiger partial charge on any atom is -0.295 e. The van der Waals surface area contributed by atoms with E-state index in [1.165, 1.54) is 0 Å². The zero-order chi connectivity index (χ0) is 10.4. The van der Waals surface area contributed by atoms with E-state index >= 15 is 0 Å². The number of Topliss-reactive ketones (excluding diaryl/α,β-unsaturated/α-hetero) is 1. The van der Waals surface area contributed by atoms with Crippen molar-refractivity contribution in [3.05, 3.63) is 48.0 Å². The third-order valence-electron chi connectivity index (χ3n) is 2.13. The number of hydrogen-bond donors (Lipinski definition) is 0. The number of carbonyl (C=O) groups excluding carboxylic acids is 1. The van der Waals surface area contributed by atoms with Crippen molar-refractivity contribution in [1.82, 2.24) is 0 Å². The fourth-order valence-corrected chi connectivity index (χ4v) is 1.34. The molecule has 0 aliphatic heterocycles. The highest BCUT2D eigenvalue weighted by Crippen LogP contribution is 2.09. The van der Waals surface area contributed by atoms with E-state index in [1.54, 1.807) is 0 Å². The Morgan fingerprint density at radius 3 is 2.50 bits per heavy atom. The van der Waals surface area contributed by atoms with Crippen LogP contribution < -0.4 is 0 Å². The number of benzene rings is 1. The maximum atomic E-state index is 11.4. The van der Waals surface area contributed by atoms with Crippen LogP contribution in [-0.2, 0) is 11.2 Å². The summed E-state index contributed by atoms with van der Waals surface area (Å²) in [7, 11) is 0. The largest absolute Gasteiger partial charge is 0.295 e. The van der Waals surface area contributed by atoms with Gasteiger partial charge in [-0.1, -0.05) is 43.8 Å². The molecule has 14 heavy (non-hydrogen) atoms. The molecule has 0 aliphatic carbocycles. The molecule has 0 aromatic heterocycles. The highest BCUT2D eigenvalue weighted by Gasteiger charge is 2.05. The molecule has 1 aromatic carbocycles.